The molecule has 0 aromatic heterocycles. The van der Waals surface area contributed by atoms with Gasteiger partial charge in [0.2, 0.25) is 0 Å². The summed E-state index contributed by atoms with van der Waals surface area (Å²) in [5.74, 6) is 0. The van der Waals surface area contributed by atoms with E-state index in [1.54, 1.807) is 0 Å². The Labute approximate surface area is 195 Å². The van der Waals surface area contributed by atoms with Gasteiger partial charge in [0.15, 0.2) is 0 Å². The zero-order valence-corrected chi connectivity index (χ0v) is 22.2. The maximum atomic E-state index is 3.77. The second kappa shape index (κ2) is 12.9. The fourth-order valence-electron chi connectivity index (χ4n) is 2.84. The summed E-state index contributed by atoms with van der Waals surface area (Å²) in [6.45, 7) is 11.3. The van der Waals surface area contributed by atoms with Gasteiger partial charge in [0.1, 0.15) is 0 Å². The summed E-state index contributed by atoms with van der Waals surface area (Å²) in [7, 11) is 2.58. The molecule has 1 N–H and O–H groups in total. The van der Waals surface area contributed by atoms with Crippen molar-refractivity contribution in [1.82, 2.24) is 3.80 Å². The second-order valence-corrected chi connectivity index (χ2v) is 11.0. The number of halogens is 2. The molecule has 0 heterocycles. The molecule has 1 aliphatic carbocycles. The van der Waals surface area contributed by atoms with Crippen molar-refractivity contribution in [2.45, 2.75) is 43.6 Å². The Morgan fingerprint density at radius 1 is 0.929 bits per heavy atom. The van der Waals surface area contributed by atoms with Gasteiger partial charge >= 0.3 is 149 Å². The fourth-order valence-corrected chi connectivity index (χ4v) is 4.77. The summed E-state index contributed by atoms with van der Waals surface area (Å²) >= 11 is -0.283. The molecule has 0 saturated carbocycles. The molecule has 0 spiro atoms. The van der Waals surface area contributed by atoms with Gasteiger partial charge in [-0.25, -0.2) is 0 Å². The Kier molecular flexibility index (Phi) is 12.6. The predicted molar refractivity (Wildman–Crippen MR) is 115 cm³/mol. The number of nitrogens with zero attached hydrogens (tertiary/aromatic N) is 1. The Bertz CT molecular complexity index is 733. The average molecular weight is 471 g/mol. The third-order valence-electron chi connectivity index (χ3n) is 4.00. The molecule has 0 bridgehead atoms. The van der Waals surface area contributed by atoms with E-state index in [9.17, 15) is 0 Å². The molecule has 0 saturated heterocycles. The standard InChI is InChI=1S/C16H14N.C4H10N.C2H8Si.2ClH.Ti/c1-17(14-8-3-2-4-9-14)16-12-11-13-7-5-6-10-15(13)16;1-4(2,3)5;1-3-2;;;/h2-12H,1H3;5H,1-3H3;3H2,1-2H3;2*1H;/q;-1;;;;+3/p-2. The van der Waals surface area contributed by atoms with E-state index in [0.29, 0.717) is 13.7 Å². The third-order valence-corrected chi connectivity index (χ3v) is 6.63. The van der Waals surface area contributed by atoms with Gasteiger partial charge in [-0.2, -0.15) is 0 Å². The molecular formula is C22H32Cl2N2SiTi. The van der Waals surface area contributed by atoms with Crippen molar-refractivity contribution in [3.63, 3.8) is 0 Å². The molecule has 0 radical (unpaired) electrons. The molecule has 2 nitrogen and oxygen atoms in total. The monoisotopic (exact) mass is 470 g/mol. The van der Waals surface area contributed by atoms with Crippen molar-refractivity contribution in [1.29, 1.82) is 0 Å². The van der Waals surface area contributed by atoms with E-state index in [2.05, 4.69) is 110 Å². The molecule has 1 aliphatic rings. The van der Waals surface area contributed by atoms with Gasteiger partial charge in [0.25, 0.3) is 0 Å². The SMILES string of the molecule is CN(C1=C[CH]([Ti+2][NH]C(C)(C)C)c2ccccc21)c1ccccc1.C[SiH2]C.[Cl-].[Cl-]. The van der Waals surface area contributed by atoms with E-state index in [4.69, 9.17) is 0 Å². The first kappa shape index (κ1) is 27.5. The van der Waals surface area contributed by atoms with Crippen molar-refractivity contribution in [3.05, 3.63) is 71.8 Å². The first-order valence-corrected chi connectivity index (χ1v) is 14.0. The molecular weight excluding hydrogens is 439 g/mol. The fraction of sp³-hybridized carbons (Fsp3) is 0.364. The van der Waals surface area contributed by atoms with Crippen LogP contribution >= 0.6 is 0 Å². The minimum absolute atomic E-state index is 0. The van der Waals surface area contributed by atoms with Crippen LogP contribution in [0, 0.1) is 0 Å². The van der Waals surface area contributed by atoms with Crippen molar-refractivity contribution < 1.29 is 44.2 Å². The molecule has 1 unspecified atom stereocenters. The summed E-state index contributed by atoms with van der Waals surface area (Å²) in [5.41, 5.74) is 5.61. The molecule has 0 fully saturated rings. The molecule has 2 aromatic carbocycles. The molecule has 2 aromatic rings. The van der Waals surface area contributed by atoms with E-state index in [0.717, 1.165) is 0 Å². The van der Waals surface area contributed by atoms with Crippen LogP contribution in [0.25, 0.3) is 5.70 Å². The van der Waals surface area contributed by atoms with Crippen molar-refractivity contribution in [3.8, 4) is 0 Å². The van der Waals surface area contributed by atoms with E-state index < -0.39 is 0 Å². The topological polar surface area (TPSA) is 15.3 Å². The van der Waals surface area contributed by atoms with Crippen LogP contribution < -0.4 is 33.5 Å². The maximum absolute atomic E-state index is 3.77. The zero-order valence-electron chi connectivity index (χ0n) is 17.8. The number of anilines is 1. The number of nitrogens with one attached hydrogen (secondary N) is 1. The molecule has 0 aliphatic heterocycles. The molecule has 1 atom stereocenters. The second-order valence-electron chi connectivity index (χ2n) is 7.74. The first-order valence-electron chi connectivity index (χ1n) is 9.50. The summed E-state index contributed by atoms with van der Waals surface area (Å²) in [4.78, 5) is 2.31. The van der Waals surface area contributed by atoms with Gasteiger partial charge in [-0.15, -0.1) is 0 Å². The molecule has 3 rings (SSSR count). The zero-order chi connectivity index (χ0) is 19.2. The predicted octanol–water partition coefficient (Wildman–Crippen LogP) is -1.14. The molecule has 152 valence electrons. The van der Waals surface area contributed by atoms with Crippen LogP contribution in [0.4, 0.5) is 5.69 Å². The Morgan fingerprint density at radius 2 is 1.46 bits per heavy atom. The number of para-hydroxylation sites is 1. The van der Waals surface area contributed by atoms with Crippen molar-refractivity contribution >= 4 is 20.9 Å². The number of fused-ring (bicyclic) bond motifs is 1. The van der Waals surface area contributed by atoms with Crippen LogP contribution in [0.15, 0.2) is 60.7 Å². The van der Waals surface area contributed by atoms with E-state index in [1.807, 2.05) is 0 Å². The molecule has 6 heteroatoms. The van der Waals surface area contributed by atoms with E-state index in [-0.39, 0.29) is 49.8 Å². The van der Waals surface area contributed by atoms with Gasteiger partial charge in [-0.1, -0.05) is 13.1 Å². The summed E-state index contributed by atoms with van der Waals surface area (Å²) < 4.78 is 4.31. The number of allylic oxidation sites excluding steroid dienone is 1. The van der Waals surface area contributed by atoms with Crippen molar-refractivity contribution in [2.24, 2.45) is 0 Å². The molecule has 28 heavy (non-hydrogen) atoms. The van der Waals surface area contributed by atoms with Crippen LogP contribution in [0.1, 0.15) is 36.1 Å². The van der Waals surface area contributed by atoms with Crippen LogP contribution in [-0.4, -0.2) is 22.1 Å². The van der Waals surface area contributed by atoms with Gasteiger partial charge in [-0.3, -0.25) is 0 Å². The van der Waals surface area contributed by atoms with E-state index in [1.165, 1.54) is 22.5 Å². The van der Waals surface area contributed by atoms with Gasteiger partial charge in [0.05, 0.1) is 0 Å². The van der Waals surface area contributed by atoms with Crippen molar-refractivity contribution in [2.75, 3.05) is 11.9 Å². The average Bonchev–Trinajstić information content (AvgIpc) is 2.99. The van der Waals surface area contributed by atoms with E-state index >= 15 is 0 Å². The molecule has 0 amide bonds. The Morgan fingerprint density at radius 3 is 2.04 bits per heavy atom. The summed E-state index contributed by atoms with van der Waals surface area (Å²) in [6.07, 6.45) is 2.45. The quantitative estimate of drug-likeness (QED) is 0.568. The maximum Gasteiger partial charge on any atom is 0.0135 e. The summed E-state index contributed by atoms with van der Waals surface area (Å²) in [6, 6.07) is 19.4. The first-order chi connectivity index (χ1) is 12.4. The minimum atomic E-state index is -0.283. The number of benzene rings is 2. The van der Waals surface area contributed by atoms with Crippen LogP contribution in [0.5, 0.6) is 0 Å². The van der Waals surface area contributed by atoms with Gasteiger partial charge in [-0.05, 0) is 0 Å². The number of rotatable bonds is 4. The number of hydrogen-bond acceptors (Lipinski definition) is 2. The largest absolute Gasteiger partial charge is 1.00 e. The van der Waals surface area contributed by atoms with Gasteiger partial charge in [0, 0.05) is 9.52 Å². The van der Waals surface area contributed by atoms with Gasteiger partial charge < -0.3 is 24.8 Å². The van der Waals surface area contributed by atoms with Crippen LogP contribution in [0.3, 0.4) is 0 Å². The minimum Gasteiger partial charge on any atom is -1.00 e. The Hall–Kier alpha value is -0.549. The third kappa shape index (κ3) is 7.70. The van der Waals surface area contributed by atoms with Crippen LogP contribution in [0.2, 0.25) is 13.1 Å². The smallest absolute Gasteiger partial charge is 0.0135 e. The normalized spacial score (nSPS) is 14.2. The number of hydrogen-bond donors (Lipinski definition) is 1. The van der Waals surface area contributed by atoms with Crippen LogP contribution in [-0.2, 0) is 19.4 Å². The summed E-state index contributed by atoms with van der Waals surface area (Å²) in [5, 5.41) is 0. The Balaban J connectivity index is 0.00000137.